The van der Waals surface area contributed by atoms with Crippen molar-refractivity contribution in [3.8, 4) is 22.7 Å². The van der Waals surface area contributed by atoms with E-state index in [4.69, 9.17) is 4.74 Å². The minimum atomic E-state index is -0.500. The number of hydrogen-bond donors (Lipinski definition) is 1. The van der Waals surface area contributed by atoms with Crippen LogP contribution in [0.25, 0.3) is 16.9 Å². The molecule has 0 saturated carbocycles. The van der Waals surface area contributed by atoms with Gasteiger partial charge < -0.3 is 10.1 Å². The van der Waals surface area contributed by atoms with Gasteiger partial charge in [-0.1, -0.05) is 42.5 Å². The van der Waals surface area contributed by atoms with E-state index >= 15 is 0 Å². The molecule has 1 N–H and O–H groups in total. The van der Waals surface area contributed by atoms with Crippen molar-refractivity contribution in [3.05, 3.63) is 96.4 Å². The molecule has 4 aromatic rings. The van der Waals surface area contributed by atoms with Crippen LogP contribution in [0.15, 0.2) is 84.9 Å². The third kappa shape index (κ3) is 3.87. The normalized spacial score (nSPS) is 10.6. The summed E-state index contributed by atoms with van der Waals surface area (Å²) in [7, 11) is 1.59. The molecule has 0 aliphatic carbocycles. The highest BCUT2D eigenvalue weighted by atomic mass is 19.1. The van der Waals surface area contributed by atoms with Crippen LogP contribution in [0.3, 0.4) is 0 Å². The predicted octanol–water partition coefficient (Wildman–Crippen LogP) is 4.94. The van der Waals surface area contributed by atoms with Gasteiger partial charge in [0.1, 0.15) is 17.3 Å². The van der Waals surface area contributed by atoms with Gasteiger partial charge in [-0.05, 0) is 42.5 Å². The summed E-state index contributed by atoms with van der Waals surface area (Å²) in [6.45, 7) is 0. The lowest BCUT2D eigenvalue weighted by molar-refractivity contribution is 0.101. The number of aromatic nitrogens is 2. The van der Waals surface area contributed by atoms with Crippen LogP contribution in [0.4, 0.5) is 10.1 Å². The fraction of sp³-hybridized carbons (Fsp3) is 0.0435. The Hall–Kier alpha value is -3.93. The van der Waals surface area contributed by atoms with Gasteiger partial charge in [0.05, 0.1) is 24.2 Å². The number of carbonyl (C=O) groups is 1. The highest BCUT2D eigenvalue weighted by molar-refractivity contribution is 6.04. The predicted molar refractivity (Wildman–Crippen MR) is 110 cm³/mol. The Kier molecular flexibility index (Phi) is 5.07. The summed E-state index contributed by atoms with van der Waals surface area (Å²) in [5, 5.41) is 7.24. The first-order valence-electron chi connectivity index (χ1n) is 9.01. The van der Waals surface area contributed by atoms with Crippen molar-refractivity contribution in [1.82, 2.24) is 9.78 Å². The first-order chi connectivity index (χ1) is 14.2. The maximum atomic E-state index is 14.0. The zero-order valence-corrected chi connectivity index (χ0v) is 15.7. The lowest BCUT2D eigenvalue weighted by atomic mass is 10.1. The minimum absolute atomic E-state index is 0.112. The van der Waals surface area contributed by atoms with Gasteiger partial charge in [0, 0.05) is 5.56 Å². The monoisotopic (exact) mass is 387 g/mol. The Morgan fingerprint density at radius 3 is 2.48 bits per heavy atom. The molecular weight excluding hydrogens is 369 g/mol. The average Bonchev–Trinajstić information content (AvgIpc) is 3.22. The Morgan fingerprint density at radius 2 is 1.72 bits per heavy atom. The van der Waals surface area contributed by atoms with Crippen LogP contribution in [0, 0.1) is 5.82 Å². The fourth-order valence-corrected chi connectivity index (χ4v) is 2.98. The van der Waals surface area contributed by atoms with Crippen LogP contribution >= 0.6 is 0 Å². The summed E-state index contributed by atoms with van der Waals surface area (Å²) in [5.74, 6) is -0.269. The lowest BCUT2D eigenvalue weighted by Crippen LogP contribution is -2.17. The number of nitrogens with zero attached hydrogens (tertiary/aromatic N) is 2. The Morgan fingerprint density at radius 1 is 0.966 bits per heavy atom. The minimum Gasteiger partial charge on any atom is -0.497 e. The zero-order valence-electron chi connectivity index (χ0n) is 15.7. The Labute approximate surface area is 167 Å². The van der Waals surface area contributed by atoms with E-state index in [1.807, 2.05) is 54.6 Å². The molecule has 29 heavy (non-hydrogen) atoms. The number of benzene rings is 3. The van der Waals surface area contributed by atoms with Crippen LogP contribution in [0.1, 0.15) is 10.5 Å². The van der Waals surface area contributed by atoms with Crippen LogP contribution in [-0.2, 0) is 0 Å². The molecule has 1 amide bonds. The van der Waals surface area contributed by atoms with Crippen molar-refractivity contribution in [2.24, 2.45) is 0 Å². The van der Waals surface area contributed by atoms with E-state index in [9.17, 15) is 9.18 Å². The molecule has 0 radical (unpaired) electrons. The Balaban J connectivity index is 1.78. The summed E-state index contributed by atoms with van der Waals surface area (Å²) < 4.78 is 20.8. The van der Waals surface area contributed by atoms with Crippen molar-refractivity contribution >= 4 is 11.6 Å². The van der Waals surface area contributed by atoms with Crippen molar-refractivity contribution in [2.75, 3.05) is 12.4 Å². The van der Waals surface area contributed by atoms with E-state index in [1.165, 1.54) is 12.1 Å². The van der Waals surface area contributed by atoms with Gasteiger partial charge in [-0.3, -0.25) is 4.79 Å². The molecule has 5 nitrogen and oxygen atoms in total. The molecule has 0 spiro atoms. The van der Waals surface area contributed by atoms with Crippen LogP contribution in [0.2, 0.25) is 0 Å². The third-order valence-electron chi connectivity index (χ3n) is 4.43. The van der Waals surface area contributed by atoms with E-state index < -0.39 is 11.7 Å². The molecule has 0 aliphatic heterocycles. The van der Waals surface area contributed by atoms with Gasteiger partial charge in [-0.25, -0.2) is 9.07 Å². The summed E-state index contributed by atoms with van der Waals surface area (Å²) >= 11 is 0. The molecule has 0 bridgehead atoms. The quantitative estimate of drug-likeness (QED) is 0.528. The van der Waals surface area contributed by atoms with Gasteiger partial charge >= 0.3 is 0 Å². The number of halogens is 1. The number of ether oxygens (including phenoxy) is 1. The fourth-order valence-electron chi connectivity index (χ4n) is 2.98. The molecule has 3 aromatic carbocycles. The topological polar surface area (TPSA) is 56.1 Å². The van der Waals surface area contributed by atoms with Crippen LogP contribution < -0.4 is 10.1 Å². The molecule has 1 heterocycles. The Bertz CT molecular complexity index is 1160. The molecule has 144 valence electrons. The van der Waals surface area contributed by atoms with Crippen LogP contribution in [-0.4, -0.2) is 22.8 Å². The second-order valence-electron chi connectivity index (χ2n) is 6.33. The van der Waals surface area contributed by atoms with E-state index in [2.05, 4.69) is 10.4 Å². The maximum absolute atomic E-state index is 14.0. The molecule has 4 rings (SSSR count). The SMILES string of the molecule is COc1cccc(-c2cc(C(=O)Nc3ccccc3F)n(-c3ccccc3)n2)c1. The second kappa shape index (κ2) is 7.98. The number of para-hydroxylation sites is 2. The van der Waals surface area contributed by atoms with Crippen molar-refractivity contribution in [3.63, 3.8) is 0 Å². The average molecular weight is 387 g/mol. The largest absolute Gasteiger partial charge is 0.497 e. The summed E-state index contributed by atoms with van der Waals surface area (Å²) in [6.07, 6.45) is 0. The smallest absolute Gasteiger partial charge is 0.274 e. The van der Waals surface area contributed by atoms with Crippen molar-refractivity contribution in [1.29, 1.82) is 0 Å². The molecular formula is C23H18FN3O2. The molecule has 6 heteroatoms. The number of anilines is 1. The van der Waals surface area contributed by atoms with Gasteiger partial charge in [0.25, 0.3) is 5.91 Å². The van der Waals surface area contributed by atoms with Gasteiger partial charge in [0.15, 0.2) is 0 Å². The summed E-state index contributed by atoms with van der Waals surface area (Å²) in [4.78, 5) is 13.0. The molecule has 0 unspecified atom stereocenters. The number of carbonyl (C=O) groups excluding carboxylic acids is 1. The van der Waals surface area contributed by atoms with E-state index in [-0.39, 0.29) is 11.4 Å². The molecule has 0 fully saturated rings. The molecule has 0 saturated heterocycles. The second-order valence-corrected chi connectivity index (χ2v) is 6.33. The highest BCUT2D eigenvalue weighted by Gasteiger charge is 2.19. The number of hydrogen-bond acceptors (Lipinski definition) is 3. The summed E-state index contributed by atoms with van der Waals surface area (Å²) in [6, 6.07) is 24.5. The number of amides is 1. The van der Waals surface area contributed by atoms with E-state index in [0.29, 0.717) is 11.4 Å². The third-order valence-corrected chi connectivity index (χ3v) is 4.43. The first-order valence-corrected chi connectivity index (χ1v) is 9.01. The molecule has 0 aliphatic rings. The van der Waals surface area contributed by atoms with E-state index in [0.717, 1.165) is 11.3 Å². The van der Waals surface area contributed by atoms with Crippen molar-refractivity contribution in [2.45, 2.75) is 0 Å². The van der Waals surface area contributed by atoms with Gasteiger partial charge in [-0.15, -0.1) is 0 Å². The van der Waals surface area contributed by atoms with Crippen molar-refractivity contribution < 1.29 is 13.9 Å². The molecule has 1 aromatic heterocycles. The zero-order chi connectivity index (χ0) is 20.2. The van der Waals surface area contributed by atoms with Gasteiger partial charge in [0.2, 0.25) is 0 Å². The highest BCUT2D eigenvalue weighted by Crippen LogP contribution is 2.26. The standard InChI is InChI=1S/C23H18FN3O2/c1-29-18-11-7-8-16(14-18)21-15-22(27(26-21)17-9-3-2-4-10-17)23(28)25-20-13-6-5-12-19(20)24/h2-15H,1H3,(H,25,28). The number of nitrogens with one attached hydrogen (secondary N) is 1. The van der Waals surface area contributed by atoms with E-state index in [1.54, 1.807) is 30.0 Å². The lowest BCUT2D eigenvalue weighted by Gasteiger charge is -2.08. The summed E-state index contributed by atoms with van der Waals surface area (Å²) in [5.41, 5.74) is 2.53. The number of methoxy groups -OCH3 is 1. The number of rotatable bonds is 5. The van der Waals surface area contributed by atoms with Crippen LogP contribution in [0.5, 0.6) is 5.75 Å². The first kappa shape index (κ1) is 18.4. The van der Waals surface area contributed by atoms with Gasteiger partial charge in [-0.2, -0.15) is 5.10 Å². The molecule has 0 atom stereocenters. The maximum Gasteiger partial charge on any atom is 0.274 e.